The number of carbonyl (C=O) groups is 1. The number of hydrogen-bond donors (Lipinski definition) is 0. The lowest BCUT2D eigenvalue weighted by Gasteiger charge is -2.07. The van der Waals surface area contributed by atoms with E-state index in [1.54, 1.807) is 30.6 Å². The van der Waals surface area contributed by atoms with Crippen molar-refractivity contribution in [3.63, 3.8) is 0 Å². The number of nitrogens with zero attached hydrogens (tertiary/aromatic N) is 2. The fraction of sp³-hybridized carbons (Fsp3) is 0.158. The Morgan fingerprint density at radius 2 is 1.84 bits per heavy atom. The second-order valence-corrected chi connectivity index (χ2v) is 6.16. The molecule has 5 nitrogen and oxygen atoms in total. The van der Waals surface area contributed by atoms with Crippen LogP contribution in [-0.2, 0) is 6.54 Å². The number of aromatic nitrogens is 1. The fourth-order valence-corrected chi connectivity index (χ4v) is 3.49. The molecule has 0 bridgehead atoms. The number of rotatable bonds is 5. The van der Waals surface area contributed by atoms with Crippen LogP contribution in [0.4, 0.5) is 5.69 Å². The van der Waals surface area contributed by atoms with Gasteiger partial charge in [0.05, 0.1) is 24.5 Å². The number of ether oxygens (including phenoxy) is 1. The normalized spacial score (nSPS) is 11.5. The molecule has 0 fully saturated rings. The third-order valence-electron chi connectivity index (χ3n) is 3.83. The van der Waals surface area contributed by atoms with Gasteiger partial charge in [0.1, 0.15) is 5.75 Å². The van der Waals surface area contributed by atoms with Gasteiger partial charge in [0.25, 0.3) is 0 Å². The summed E-state index contributed by atoms with van der Waals surface area (Å²) < 4.78 is 7.33. The van der Waals surface area contributed by atoms with Gasteiger partial charge in [-0.15, -0.1) is 11.3 Å². The Labute approximate surface area is 149 Å². The molecule has 0 saturated carbocycles. The molecular weight excluding hydrogens is 336 g/mol. The van der Waals surface area contributed by atoms with Crippen molar-refractivity contribution >= 4 is 23.0 Å². The summed E-state index contributed by atoms with van der Waals surface area (Å²) in [7, 11) is 1.65. The number of carbonyl (C=O) groups excluding carboxylic acids is 1. The summed E-state index contributed by atoms with van der Waals surface area (Å²) in [5, 5.41) is 12.9. The first-order valence-electron chi connectivity index (χ1n) is 7.81. The van der Waals surface area contributed by atoms with Crippen molar-refractivity contribution in [2.45, 2.75) is 13.5 Å². The zero-order valence-corrected chi connectivity index (χ0v) is 14.7. The van der Waals surface area contributed by atoms with Crippen molar-refractivity contribution in [3.05, 3.63) is 64.3 Å². The van der Waals surface area contributed by atoms with E-state index in [1.165, 1.54) is 12.1 Å². The minimum atomic E-state index is -1.19. The molecule has 1 heterocycles. The van der Waals surface area contributed by atoms with Crippen LogP contribution in [0, 0.1) is 0 Å². The fourth-order valence-electron chi connectivity index (χ4n) is 2.50. The van der Waals surface area contributed by atoms with Crippen molar-refractivity contribution in [2.75, 3.05) is 7.11 Å². The lowest BCUT2D eigenvalue weighted by atomic mass is 10.1. The summed E-state index contributed by atoms with van der Waals surface area (Å²) in [6, 6.07) is 14.3. The van der Waals surface area contributed by atoms with Crippen molar-refractivity contribution in [3.8, 4) is 17.0 Å². The van der Waals surface area contributed by atoms with Crippen LogP contribution in [0.3, 0.4) is 0 Å². The molecule has 0 aliphatic heterocycles. The van der Waals surface area contributed by atoms with Crippen molar-refractivity contribution in [2.24, 2.45) is 4.99 Å². The average molecular weight is 353 g/mol. The molecule has 2 aromatic carbocycles. The highest BCUT2D eigenvalue weighted by atomic mass is 32.1. The quantitative estimate of drug-likeness (QED) is 0.708. The van der Waals surface area contributed by atoms with Gasteiger partial charge in [-0.1, -0.05) is 12.1 Å². The van der Waals surface area contributed by atoms with Gasteiger partial charge in [-0.05, 0) is 54.4 Å². The predicted molar refractivity (Wildman–Crippen MR) is 96.0 cm³/mol. The highest BCUT2D eigenvalue weighted by Crippen LogP contribution is 2.23. The van der Waals surface area contributed by atoms with Crippen LogP contribution >= 0.6 is 11.3 Å². The van der Waals surface area contributed by atoms with Gasteiger partial charge in [-0.2, -0.15) is 0 Å². The van der Waals surface area contributed by atoms with Crippen LogP contribution < -0.4 is 14.6 Å². The Hall–Kier alpha value is -2.86. The number of hydrogen-bond acceptors (Lipinski definition) is 5. The Morgan fingerprint density at radius 3 is 2.40 bits per heavy atom. The Balaban J connectivity index is 1.99. The minimum Gasteiger partial charge on any atom is -0.545 e. The summed E-state index contributed by atoms with van der Waals surface area (Å²) in [6.07, 6.45) is 0. The Morgan fingerprint density at radius 1 is 1.16 bits per heavy atom. The van der Waals surface area contributed by atoms with Crippen LogP contribution in [-0.4, -0.2) is 17.6 Å². The van der Waals surface area contributed by atoms with Crippen molar-refractivity contribution in [1.82, 2.24) is 4.57 Å². The third-order valence-corrected chi connectivity index (χ3v) is 4.69. The van der Waals surface area contributed by atoms with E-state index in [4.69, 9.17) is 4.74 Å². The molecule has 0 unspecified atom stereocenters. The van der Waals surface area contributed by atoms with Gasteiger partial charge in [0, 0.05) is 11.9 Å². The molecule has 6 heteroatoms. The Kier molecular flexibility index (Phi) is 5.00. The van der Waals surface area contributed by atoms with Gasteiger partial charge in [-0.3, -0.25) is 0 Å². The summed E-state index contributed by atoms with van der Waals surface area (Å²) in [5.41, 5.74) is 3.02. The summed E-state index contributed by atoms with van der Waals surface area (Å²) in [5.74, 6) is -0.368. The number of aromatic carboxylic acids is 1. The van der Waals surface area contributed by atoms with E-state index >= 15 is 0 Å². The highest BCUT2D eigenvalue weighted by Gasteiger charge is 2.07. The van der Waals surface area contributed by atoms with Crippen molar-refractivity contribution < 1.29 is 14.6 Å². The number of methoxy groups -OCH3 is 1. The Bertz CT molecular complexity index is 938. The molecule has 0 aliphatic rings. The number of benzene rings is 2. The molecule has 0 aliphatic carbocycles. The molecular formula is C19H17N2O3S-. The number of carboxylic acids is 1. The first-order valence-corrected chi connectivity index (χ1v) is 8.69. The number of carboxylic acid groups (broad SMARTS) is 1. The smallest absolute Gasteiger partial charge is 0.190 e. The van der Waals surface area contributed by atoms with E-state index in [0.717, 1.165) is 28.4 Å². The molecule has 0 radical (unpaired) electrons. The van der Waals surface area contributed by atoms with E-state index in [0.29, 0.717) is 5.69 Å². The molecule has 0 N–H and O–H groups in total. The topological polar surface area (TPSA) is 66.7 Å². The molecule has 0 atom stereocenters. The van der Waals surface area contributed by atoms with Crippen molar-refractivity contribution in [1.29, 1.82) is 0 Å². The maximum absolute atomic E-state index is 10.8. The van der Waals surface area contributed by atoms with Gasteiger partial charge >= 0.3 is 0 Å². The van der Waals surface area contributed by atoms with Gasteiger partial charge in [-0.25, -0.2) is 4.99 Å². The van der Waals surface area contributed by atoms with Gasteiger partial charge in [0.15, 0.2) is 4.80 Å². The van der Waals surface area contributed by atoms with Gasteiger partial charge in [0.2, 0.25) is 0 Å². The standard InChI is InChI=1S/C19H18N2O3S/c1-3-21-17(13-6-10-16(24-2)11-7-13)12-25-19(21)20-15-8-4-14(5-9-15)18(22)23/h4-12H,3H2,1-2H3,(H,22,23)/p-1. The minimum absolute atomic E-state index is 0.146. The zero-order chi connectivity index (χ0) is 17.8. The maximum atomic E-state index is 10.8. The summed E-state index contributed by atoms with van der Waals surface area (Å²) in [6.45, 7) is 2.85. The summed E-state index contributed by atoms with van der Waals surface area (Å²) in [4.78, 5) is 16.3. The first kappa shape index (κ1) is 17.0. The van der Waals surface area contributed by atoms with Crippen LogP contribution in [0.15, 0.2) is 58.9 Å². The third kappa shape index (κ3) is 3.64. The molecule has 25 heavy (non-hydrogen) atoms. The van der Waals surface area contributed by atoms with E-state index in [1.807, 2.05) is 24.3 Å². The van der Waals surface area contributed by atoms with E-state index in [-0.39, 0.29) is 5.56 Å². The molecule has 3 aromatic rings. The predicted octanol–water partition coefficient (Wildman–Crippen LogP) is 2.84. The second kappa shape index (κ2) is 7.36. The lowest BCUT2D eigenvalue weighted by molar-refractivity contribution is -0.255. The lowest BCUT2D eigenvalue weighted by Crippen LogP contribution is -2.21. The zero-order valence-electron chi connectivity index (χ0n) is 13.9. The molecule has 3 rings (SSSR count). The largest absolute Gasteiger partial charge is 0.545 e. The second-order valence-electron chi connectivity index (χ2n) is 5.32. The molecule has 128 valence electrons. The van der Waals surface area contributed by atoms with E-state index in [2.05, 4.69) is 21.9 Å². The SMILES string of the molecule is CCn1c(-c2ccc(OC)cc2)csc1=Nc1ccc(C(=O)[O-])cc1. The monoisotopic (exact) mass is 353 g/mol. The van der Waals surface area contributed by atoms with Crippen LogP contribution in [0.2, 0.25) is 0 Å². The average Bonchev–Trinajstić information content (AvgIpc) is 3.04. The van der Waals surface area contributed by atoms with E-state index < -0.39 is 5.97 Å². The maximum Gasteiger partial charge on any atom is 0.190 e. The highest BCUT2D eigenvalue weighted by molar-refractivity contribution is 7.07. The first-order chi connectivity index (χ1) is 12.1. The summed E-state index contributed by atoms with van der Waals surface area (Å²) >= 11 is 1.55. The molecule has 1 aromatic heterocycles. The number of thiazole rings is 1. The van der Waals surface area contributed by atoms with Gasteiger partial charge < -0.3 is 19.2 Å². The molecule has 0 spiro atoms. The molecule has 0 amide bonds. The van der Waals surface area contributed by atoms with Crippen LogP contribution in [0.1, 0.15) is 17.3 Å². The molecule has 0 saturated heterocycles. The van der Waals surface area contributed by atoms with Crippen LogP contribution in [0.25, 0.3) is 11.3 Å². The van der Waals surface area contributed by atoms with Crippen LogP contribution in [0.5, 0.6) is 5.75 Å². The van der Waals surface area contributed by atoms with E-state index in [9.17, 15) is 9.90 Å².